The molecule has 36 heavy (non-hydrogen) atoms. The van der Waals surface area contributed by atoms with Crippen LogP contribution in [0.3, 0.4) is 0 Å². The van der Waals surface area contributed by atoms with E-state index >= 15 is 0 Å². The van der Waals surface area contributed by atoms with E-state index in [1.54, 1.807) is 7.11 Å². The summed E-state index contributed by atoms with van der Waals surface area (Å²) >= 11 is 0. The molecular weight excluding hydrogens is 456 g/mol. The van der Waals surface area contributed by atoms with Crippen LogP contribution in [0.5, 0.6) is 0 Å². The molecule has 3 aliphatic heterocycles. The van der Waals surface area contributed by atoms with E-state index in [9.17, 15) is 9.90 Å². The number of nitrogens with one attached hydrogen (secondary N) is 2. The van der Waals surface area contributed by atoms with Gasteiger partial charge in [-0.3, -0.25) is 4.79 Å². The van der Waals surface area contributed by atoms with Crippen LogP contribution >= 0.6 is 0 Å². The fraction of sp³-hybridized carbons (Fsp3) is 0.321. The van der Waals surface area contributed by atoms with Crippen molar-refractivity contribution in [2.75, 3.05) is 14.2 Å². The molecular formula is C28H26N4O4. The highest BCUT2D eigenvalue weighted by Gasteiger charge is 2.53. The Kier molecular flexibility index (Phi) is 3.83. The number of carbonyl (C=O) groups excluding carboxylic acids is 1. The van der Waals surface area contributed by atoms with Gasteiger partial charge in [-0.2, -0.15) is 0 Å². The van der Waals surface area contributed by atoms with Crippen molar-refractivity contribution in [3.63, 3.8) is 0 Å². The quantitative estimate of drug-likeness (QED) is 0.356. The van der Waals surface area contributed by atoms with Crippen LogP contribution in [0.4, 0.5) is 0 Å². The summed E-state index contributed by atoms with van der Waals surface area (Å²) in [6, 6.07) is 16.4. The lowest BCUT2D eigenvalue weighted by molar-refractivity contribution is -0.256. The van der Waals surface area contributed by atoms with E-state index in [0.717, 1.165) is 43.6 Å². The molecule has 5 heterocycles. The number of rotatable bonds is 2. The Morgan fingerprint density at radius 1 is 1.08 bits per heavy atom. The molecule has 0 aliphatic carbocycles. The molecule has 0 radical (unpaired) electrons. The lowest BCUT2D eigenvalue weighted by Gasteiger charge is -2.48. The molecule has 5 aromatic rings. The van der Waals surface area contributed by atoms with Gasteiger partial charge < -0.3 is 34.3 Å². The Morgan fingerprint density at radius 3 is 2.50 bits per heavy atom. The molecule has 3 N–H and O–H groups in total. The second-order valence-electron chi connectivity index (χ2n) is 10.3. The van der Waals surface area contributed by atoms with Crippen LogP contribution in [0.2, 0.25) is 0 Å². The molecule has 0 spiro atoms. The van der Waals surface area contributed by atoms with Gasteiger partial charge in [0.05, 0.1) is 27.6 Å². The number of aliphatic hydroxyl groups excluding tert-OH is 1. The first-order valence-corrected chi connectivity index (χ1v) is 12.4. The molecule has 3 aliphatic rings. The van der Waals surface area contributed by atoms with Crippen molar-refractivity contribution in [1.82, 2.24) is 19.8 Å². The second-order valence-corrected chi connectivity index (χ2v) is 10.3. The molecule has 0 saturated carbocycles. The molecule has 1 saturated heterocycles. The lowest BCUT2D eigenvalue weighted by atomic mass is 9.93. The summed E-state index contributed by atoms with van der Waals surface area (Å²) < 4.78 is 17.7. The van der Waals surface area contributed by atoms with Crippen LogP contribution in [0, 0.1) is 0 Å². The summed E-state index contributed by atoms with van der Waals surface area (Å²) in [4.78, 5) is 13.4. The van der Waals surface area contributed by atoms with Crippen molar-refractivity contribution >= 4 is 49.5 Å². The van der Waals surface area contributed by atoms with E-state index in [4.69, 9.17) is 9.47 Å². The van der Waals surface area contributed by atoms with Gasteiger partial charge in [-0.1, -0.05) is 36.4 Å². The Labute approximate surface area is 206 Å². The highest BCUT2D eigenvalue weighted by Crippen LogP contribution is 2.54. The van der Waals surface area contributed by atoms with E-state index < -0.39 is 12.0 Å². The van der Waals surface area contributed by atoms with Gasteiger partial charge in [-0.05, 0) is 26.1 Å². The van der Waals surface area contributed by atoms with Crippen molar-refractivity contribution in [1.29, 1.82) is 0 Å². The molecule has 8 heteroatoms. The van der Waals surface area contributed by atoms with Gasteiger partial charge in [-0.15, -0.1) is 0 Å². The van der Waals surface area contributed by atoms with E-state index in [0.29, 0.717) is 17.5 Å². The summed E-state index contributed by atoms with van der Waals surface area (Å²) in [7, 11) is 3.70. The van der Waals surface area contributed by atoms with Crippen LogP contribution in [0.1, 0.15) is 41.7 Å². The summed E-state index contributed by atoms with van der Waals surface area (Å²) in [5, 5.41) is 21.1. The number of aliphatic hydroxyl groups is 1. The number of para-hydroxylation sites is 2. The zero-order valence-corrected chi connectivity index (χ0v) is 20.2. The maximum atomic E-state index is 13.4. The van der Waals surface area contributed by atoms with Gasteiger partial charge in [0.1, 0.15) is 12.3 Å². The fourth-order valence-electron chi connectivity index (χ4n) is 7.38. The summed E-state index contributed by atoms with van der Waals surface area (Å²) in [5.74, 6) is -0.249. The zero-order valence-electron chi connectivity index (χ0n) is 20.2. The summed E-state index contributed by atoms with van der Waals surface area (Å²) in [5.41, 5.74) is 4.25. The molecule has 1 amide bonds. The van der Waals surface area contributed by atoms with E-state index in [1.165, 1.54) is 0 Å². The number of ether oxygens (including phenoxy) is 2. The number of methoxy groups -OCH3 is 1. The molecule has 8 rings (SSSR count). The largest absolute Gasteiger partial charge is 0.375 e. The van der Waals surface area contributed by atoms with Crippen LogP contribution < -0.4 is 10.6 Å². The number of nitrogens with zero attached hydrogens (tertiary/aromatic N) is 2. The molecule has 1 fully saturated rings. The van der Waals surface area contributed by atoms with Crippen molar-refractivity contribution in [3.8, 4) is 0 Å². The number of aromatic nitrogens is 2. The standard InChI is InChI=1S/C28H26N4O4/c1-28-25(35-3)15(29-2)12-18(36-28)31-16-10-6-4-8-13(16)19-21-22(27(34)30-26(21)33)20-14-9-5-7-11-17(14)32(28)24(20)23(19)31/h4-11,15,18,25,27,29,34H,12H2,1-3H3,(H,30,33)/t15-,18-,25+,27+,28+/m1/s1. The average Bonchev–Trinajstić information content (AvgIpc) is 3.48. The minimum atomic E-state index is -1.09. The Morgan fingerprint density at radius 2 is 1.78 bits per heavy atom. The smallest absolute Gasteiger partial charge is 0.254 e. The number of carbonyl (C=O) groups is 1. The molecule has 8 nitrogen and oxygen atoms in total. The van der Waals surface area contributed by atoms with Crippen molar-refractivity contribution in [2.45, 2.75) is 43.7 Å². The monoisotopic (exact) mass is 482 g/mol. The van der Waals surface area contributed by atoms with Gasteiger partial charge in [-0.25, -0.2) is 0 Å². The molecule has 3 aromatic carbocycles. The first kappa shape index (κ1) is 20.7. The lowest BCUT2D eigenvalue weighted by Crippen LogP contribution is -2.59. The minimum absolute atomic E-state index is 0.0289. The van der Waals surface area contributed by atoms with Crippen LogP contribution in [-0.4, -0.2) is 46.5 Å². The third-order valence-electron chi connectivity index (χ3n) is 8.65. The van der Waals surface area contributed by atoms with Gasteiger partial charge in [0.2, 0.25) is 0 Å². The van der Waals surface area contributed by atoms with E-state index in [2.05, 4.69) is 51.0 Å². The van der Waals surface area contributed by atoms with Crippen molar-refractivity contribution in [2.24, 2.45) is 0 Å². The SMILES string of the molecule is CN[C@@H]1C[C@H]2O[C@@](C)([C@H]1OC)n1c3ccccc3c3c4c(c5c6ccccc6n2c5c31)C(=O)N[C@H]4O. The van der Waals surface area contributed by atoms with Crippen molar-refractivity contribution in [3.05, 3.63) is 59.7 Å². The first-order chi connectivity index (χ1) is 17.5. The first-order valence-electron chi connectivity index (χ1n) is 12.4. The normalized spacial score (nSPS) is 28.9. The van der Waals surface area contributed by atoms with Crippen LogP contribution in [0.25, 0.3) is 43.6 Å². The van der Waals surface area contributed by atoms with Gasteiger partial charge in [0, 0.05) is 46.7 Å². The number of hydrogen-bond acceptors (Lipinski definition) is 5. The second kappa shape index (κ2) is 6.66. The van der Waals surface area contributed by atoms with Gasteiger partial charge >= 0.3 is 0 Å². The Bertz CT molecular complexity index is 1790. The maximum absolute atomic E-state index is 13.4. The van der Waals surface area contributed by atoms with Crippen LogP contribution in [0.15, 0.2) is 48.5 Å². The predicted octanol–water partition coefficient (Wildman–Crippen LogP) is 3.84. The number of amides is 1. The third kappa shape index (κ3) is 2.15. The Hall–Kier alpha value is -3.43. The maximum Gasteiger partial charge on any atom is 0.254 e. The molecule has 2 aromatic heterocycles. The Balaban J connectivity index is 1.73. The molecule has 0 unspecified atom stereocenters. The van der Waals surface area contributed by atoms with E-state index in [1.807, 2.05) is 31.3 Å². The third-order valence-corrected chi connectivity index (χ3v) is 8.65. The number of fused-ring (bicyclic) bond motifs is 13. The average molecular weight is 483 g/mol. The summed E-state index contributed by atoms with van der Waals surface area (Å²) in [6.07, 6.45) is -0.941. The topological polar surface area (TPSA) is 89.7 Å². The van der Waals surface area contributed by atoms with Crippen LogP contribution in [-0.2, 0) is 15.2 Å². The molecule has 182 valence electrons. The highest BCUT2D eigenvalue weighted by molar-refractivity contribution is 6.31. The summed E-state index contributed by atoms with van der Waals surface area (Å²) in [6.45, 7) is 2.09. The molecule has 2 bridgehead atoms. The van der Waals surface area contributed by atoms with E-state index in [-0.39, 0.29) is 24.3 Å². The fourth-order valence-corrected chi connectivity index (χ4v) is 7.38. The number of likely N-dealkylation sites (N-methyl/N-ethyl adjacent to an activating group) is 1. The zero-order chi connectivity index (χ0) is 24.5. The minimum Gasteiger partial charge on any atom is -0.375 e. The highest BCUT2D eigenvalue weighted by atomic mass is 16.6. The number of benzene rings is 3. The van der Waals surface area contributed by atoms with Crippen molar-refractivity contribution < 1.29 is 19.4 Å². The number of hydrogen-bond donors (Lipinski definition) is 3. The molecule has 5 atom stereocenters. The van der Waals surface area contributed by atoms with Gasteiger partial charge in [0.15, 0.2) is 12.0 Å². The predicted molar refractivity (Wildman–Crippen MR) is 137 cm³/mol. The van der Waals surface area contributed by atoms with Gasteiger partial charge in [0.25, 0.3) is 5.91 Å².